The van der Waals surface area contributed by atoms with Gasteiger partial charge in [-0.2, -0.15) is 0 Å². The number of carbonyl (C=O) groups is 1. The second-order valence-electron chi connectivity index (χ2n) is 5.95. The molecular weight excluding hydrogens is 306 g/mol. The summed E-state index contributed by atoms with van der Waals surface area (Å²) in [6.45, 7) is 5.62. The zero-order valence-electron chi connectivity index (χ0n) is 14.6. The summed E-state index contributed by atoms with van der Waals surface area (Å²) in [4.78, 5) is 13.8. The van der Waals surface area contributed by atoms with Gasteiger partial charge in [0.2, 0.25) is 0 Å². The lowest BCUT2D eigenvalue weighted by Gasteiger charge is -2.26. The van der Waals surface area contributed by atoms with E-state index in [2.05, 4.69) is 4.90 Å². The normalized spacial score (nSPS) is 16.0. The average Bonchev–Trinajstić information content (AvgIpc) is 2.60. The van der Waals surface area contributed by atoms with Crippen molar-refractivity contribution < 1.29 is 19.4 Å². The first-order valence-corrected chi connectivity index (χ1v) is 8.62. The molecule has 5 heteroatoms. The highest BCUT2D eigenvalue weighted by atomic mass is 16.5. The number of benzene rings is 1. The molecule has 1 saturated heterocycles. The zero-order chi connectivity index (χ0) is 17.4. The molecule has 0 aromatic heterocycles. The number of methoxy groups -OCH3 is 1. The Hall–Kier alpha value is -2.01. The van der Waals surface area contributed by atoms with Gasteiger partial charge in [0.05, 0.1) is 12.7 Å². The van der Waals surface area contributed by atoms with Crippen LogP contribution in [0.1, 0.15) is 38.2 Å². The van der Waals surface area contributed by atoms with E-state index in [9.17, 15) is 9.90 Å². The third-order valence-electron chi connectivity index (χ3n) is 4.23. The molecule has 24 heavy (non-hydrogen) atoms. The maximum atomic E-state index is 11.4. The standard InChI is InChI=1S/C19H27NO4/c1-3-7-16(19(21)22)15-8-9-17(23-2)18(14-15)24-13-12-20-10-5-4-6-11-20/h7-9,14H,3-6,10-13H2,1-2H3,(H,21,22). The zero-order valence-corrected chi connectivity index (χ0v) is 14.6. The van der Waals surface area contributed by atoms with Gasteiger partial charge < -0.3 is 14.6 Å². The Kier molecular flexibility index (Phi) is 7.12. The summed E-state index contributed by atoms with van der Waals surface area (Å²) in [5.74, 6) is 0.287. The van der Waals surface area contributed by atoms with E-state index in [0.29, 0.717) is 35.7 Å². The van der Waals surface area contributed by atoms with Crippen LogP contribution in [0.25, 0.3) is 5.57 Å². The fourth-order valence-corrected chi connectivity index (χ4v) is 2.96. The minimum absolute atomic E-state index is 0.293. The highest BCUT2D eigenvalue weighted by molar-refractivity contribution is 6.15. The van der Waals surface area contributed by atoms with Gasteiger partial charge in [-0.25, -0.2) is 4.79 Å². The molecule has 0 amide bonds. The molecule has 0 bridgehead atoms. The summed E-state index contributed by atoms with van der Waals surface area (Å²) in [6.07, 6.45) is 6.20. The van der Waals surface area contributed by atoms with Gasteiger partial charge in [-0.05, 0) is 50.0 Å². The van der Waals surface area contributed by atoms with Crippen molar-refractivity contribution in [3.05, 3.63) is 29.8 Å². The van der Waals surface area contributed by atoms with Gasteiger partial charge in [0.25, 0.3) is 0 Å². The molecule has 1 aromatic rings. The number of piperidine rings is 1. The van der Waals surface area contributed by atoms with Crippen LogP contribution >= 0.6 is 0 Å². The van der Waals surface area contributed by atoms with Crippen molar-refractivity contribution >= 4 is 11.5 Å². The molecule has 0 aliphatic carbocycles. The van der Waals surface area contributed by atoms with Crippen LogP contribution in [0.4, 0.5) is 0 Å². The average molecular weight is 333 g/mol. The maximum Gasteiger partial charge on any atom is 0.335 e. The Balaban J connectivity index is 2.07. The fourth-order valence-electron chi connectivity index (χ4n) is 2.96. The van der Waals surface area contributed by atoms with Gasteiger partial charge in [0.1, 0.15) is 6.61 Å². The highest BCUT2D eigenvalue weighted by Gasteiger charge is 2.14. The summed E-state index contributed by atoms with van der Waals surface area (Å²) in [6, 6.07) is 5.27. The Bertz CT molecular complexity index is 577. The smallest absolute Gasteiger partial charge is 0.335 e. The van der Waals surface area contributed by atoms with Crippen LogP contribution in [0.5, 0.6) is 11.5 Å². The van der Waals surface area contributed by atoms with Crippen LogP contribution < -0.4 is 9.47 Å². The molecular formula is C19H27NO4. The van der Waals surface area contributed by atoms with Crippen LogP contribution in [-0.2, 0) is 4.79 Å². The number of carboxylic acid groups (broad SMARTS) is 1. The van der Waals surface area contributed by atoms with Crippen molar-refractivity contribution in [3.8, 4) is 11.5 Å². The molecule has 1 aromatic carbocycles. The lowest BCUT2D eigenvalue weighted by molar-refractivity contribution is -0.130. The van der Waals surface area contributed by atoms with Crippen molar-refractivity contribution in [1.82, 2.24) is 4.90 Å². The molecule has 2 rings (SSSR count). The number of carboxylic acids is 1. The molecule has 1 N–H and O–H groups in total. The van der Waals surface area contributed by atoms with Gasteiger partial charge in [0, 0.05) is 6.54 Å². The predicted octanol–water partition coefficient (Wildman–Crippen LogP) is 3.44. The van der Waals surface area contributed by atoms with Gasteiger partial charge in [0.15, 0.2) is 11.5 Å². The van der Waals surface area contributed by atoms with E-state index < -0.39 is 5.97 Å². The minimum atomic E-state index is -0.929. The van der Waals surface area contributed by atoms with E-state index in [1.807, 2.05) is 6.92 Å². The van der Waals surface area contributed by atoms with Crippen molar-refractivity contribution in [2.45, 2.75) is 32.6 Å². The van der Waals surface area contributed by atoms with Crippen LogP contribution in [0.3, 0.4) is 0 Å². The number of hydrogen-bond donors (Lipinski definition) is 1. The summed E-state index contributed by atoms with van der Waals surface area (Å²) in [5, 5.41) is 9.37. The summed E-state index contributed by atoms with van der Waals surface area (Å²) >= 11 is 0. The molecule has 5 nitrogen and oxygen atoms in total. The van der Waals surface area contributed by atoms with Crippen LogP contribution in [-0.4, -0.2) is 49.3 Å². The van der Waals surface area contributed by atoms with Crippen molar-refractivity contribution in [2.75, 3.05) is 33.4 Å². The maximum absolute atomic E-state index is 11.4. The number of nitrogens with zero attached hydrogens (tertiary/aromatic N) is 1. The van der Waals surface area contributed by atoms with E-state index in [-0.39, 0.29) is 0 Å². The van der Waals surface area contributed by atoms with Crippen LogP contribution in [0.15, 0.2) is 24.3 Å². The lowest BCUT2D eigenvalue weighted by Crippen LogP contribution is -2.33. The molecule has 1 aliphatic rings. The number of ether oxygens (including phenoxy) is 2. The topological polar surface area (TPSA) is 59.0 Å². The van der Waals surface area contributed by atoms with Crippen molar-refractivity contribution in [3.63, 3.8) is 0 Å². The number of rotatable bonds is 8. The molecule has 0 spiro atoms. The number of likely N-dealkylation sites (tertiary alicyclic amines) is 1. The van der Waals surface area contributed by atoms with E-state index in [4.69, 9.17) is 9.47 Å². The largest absolute Gasteiger partial charge is 0.493 e. The van der Waals surface area contributed by atoms with Crippen LogP contribution in [0, 0.1) is 0 Å². The first-order chi connectivity index (χ1) is 11.7. The molecule has 0 unspecified atom stereocenters. The van der Waals surface area contributed by atoms with E-state index in [1.165, 1.54) is 19.3 Å². The van der Waals surface area contributed by atoms with Gasteiger partial charge in [-0.15, -0.1) is 0 Å². The fraction of sp³-hybridized carbons (Fsp3) is 0.526. The molecule has 132 valence electrons. The molecule has 0 atom stereocenters. The Labute approximate surface area is 143 Å². The SMILES string of the molecule is CCC=C(C(=O)O)c1ccc(OC)c(OCCN2CCCCC2)c1. The summed E-state index contributed by atoms with van der Waals surface area (Å²) < 4.78 is 11.2. The van der Waals surface area contributed by atoms with Gasteiger partial charge in [-0.3, -0.25) is 4.90 Å². The van der Waals surface area contributed by atoms with E-state index in [1.54, 1.807) is 31.4 Å². The number of allylic oxidation sites excluding steroid dienone is 1. The number of hydrogen-bond acceptors (Lipinski definition) is 4. The Morgan fingerprint density at radius 2 is 2.00 bits per heavy atom. The van der Waals surface area contributed by atoms with Gasteiger partial charge >= 0.3 is 5.97 Å². The van der Waals surface area contributed by atoms with E-state index in [0.717, 1.165) is 19.6 Å². The minimum Gasteiger partial charge on any atom is -0.493 e. The molecule has 0 radical (unpaired) electrons. The van der Waals surface area contributed by atoms with Crippen LogP contribution in [0.2, 0.25) is 0 Å². The Morgan fingerprint density at radius 1 is 1.25 bits per heavy atom. The molecule has 0 saturated carbocycles. The molecule has 1 heterocycles. The number of aliphatic carboxylic acids is 1. The monoisotopic (exact) mass is 333 g/mol. The lowest BCUT2D eigenvalue weighted by atomic mass is 10.0. The predicted molar refractivity (Wildman–Crippen MR) is 94.7 cm³/mol. The first-order valence-electron chi connectivity index (χ1n) is 8.62. The van der Waals surface area contributed by atoms with Gasteiger partial charge in [-0.1, -0.05) is 25.5 Å². The molecule has 1 aliphatic heterocycles. The summed E-state index contributed by atoms with van der Waals surface area (Å²) in [7, 11) is 1.59. The second-order valence-corrected chi connectivity index (χ2v) is 5.95. The second kappa shape index (κ2) is 9.33. The quantitative estimate of drug-likeness (QED) is 0.739. The van der Waals surface area contributed by atoms with Crippen molar-refractivity contribution in [2.24, 2.45) is 0 Å². The summed E-state index contributed by atoms with van der Waals surface area (Å²) in [5.41, 5.74) is 0.930. The van der Waals surface area contributed by atoms with E-state index >= 15 is 0 Å². The first kappa shape index (κ1) is 18.3. The van der Waals surface area contributed by atoms with Crippen molar-refractivity contribution in [1.29, 1.82) is 0 Å². The molecule has 1 fully saturated rings. The Morgan fingerprint density at radius 3 is 2.62 bits per heavy atom. The third kappa shape index (κ3) is 4.99. The third-order valence-corrected chi connectivity index (χ3v) is 4.23. The highest BCUT2D eigenvalue weighted by Crippen LogP contribution is 2.31.